The second-order valence-corrected chi connectivity index (χ2v) is 16.8. The number of benzene rings is 5. The van der Waals surface area contributed by atoms with Crippen molar-refractivity contribution in [3.05, 3.63) is 155 Å². The minimum Gasteiger partial charge on any atom is -0.508 e. The summed E-state index contributed by atoms with van der Waals surface area (Å²) < 4.78 is 0. The third-order valence-electron chi connectivity index (χ3n) is 11.1. The summed E-state index contributed by atoms with van der Waals surface area (Å²) in [5.74, 6) is -5.90. The van der Waals surface area contributed by atoms with E-state index in [2.05, 4.69) is 61.8 Å². The van der Waals surface area contributed by atoms with Crippen molar-refractivity contribution >= 4 is 59.6 Å². The summed E-state index contributed by atoms with van der Waals surface area (Å²) >= 11 is 0. The number of carboxylic acid groups (broad SMARTS) is 4. The Morgan fingerprint density at radius 3 is 0.797 bits per heavy atom. The predicted octanol–water partition coefficient (Wildman–Crippen LogP) is 4.53. The molecule has 0 unspecified atom stereocenters. The van der Waals surface area contributed by atoms with Crippen LogP contribution in [0.3, 0.4) is 0 Å². The van der Waals surface area contributed by atoms with E-state index in [1.165, 1.54) is 48.5 Å². The van der Waals surface area contributed by atoms with Crippen molar-refractivity contribution in [2.45, 2.75) is 62.9 Å². The highest BCUT2D eigenvalue weighted by atomic mass is 16.4. The van der Waals surface area contributed by atoms with Crippen molar-refractivity contribution in [1.29, 1.82) is 0 Å². The first-order chi connectivity index (χ1) is 35.5. The van der Waals surface area contributed by atoms with E-state index in [0.717, 1.165) is 0 Å². The van der Waals surface area contributed by atoms with Crippen LogP contribution in [0.1, 0.15) is 33.4 Å². The maximum absolute atomic E-state index is 12.4. The van der Waals surface area contributed by atoms with Gasteiger partial charge in [0.15, 0.2) is 0 Å². The van der Waals surface area contributed by atoms with E-state index in [9.17, 15) is 60.0 Å². The number of hydrogen-bond donors (Lipinski definition) is 14. The Balaban J connectivity index is 1.11. The zero-order valence-electron chi connectivity index (χ0n) is 39.0. The fraction of sp³-hybridized carbons (Fsp3) is 0.200. The molecule has 0 fully saturated rings. The van der Waals surface area contributed by atoms with Crippen molar-refractivity contribution in [3.63, 3.8) is 0 Å². The molecule has 2 heterocycles. The molecule has 74 heavy (non-hydrogen) atoms. The molecule has 0 amide bonds. The third kappa shape index (κ3) is 15.5. The average Bonchev–Trinajstić information content (AvgIpc) is 3.37. The number of nitrogens with one attached hydrogen (secondary N) is 6. The summed E-state index contributed by atoms with van der Waals surface area (Å²) in [5.41, 5.74) is 3.70. The molecule has 24 nitrogen and oxygen atoms in total. The molecule has 2 aromatic heterocycles. The van der Waals surface area contributed by atoms with Gasteiger partial charge in [-0.05, 0) is 81.9 Å². The molecule has 7 rings (SSSR count). The number of phenolic OH excluding ortho intramolecular Hbond substituents is 4. The van der Waals surface area contributed by atoms with Crippen LogP contribution in [-0.2, 0) is 58.0 Å². The summed E-state index contributed by atoms with van der Waals surface area (Å²) in [6, 6.07) is 26.0. The zero-order chi connectivity index (χ0) is 52.7. The SMILES string of the molecule is O=C(O)[C@H](Cc1ccc(O)cc1)Nc1nc(NCc2cccc(CNc3nc(N[C@@H](Cc4ccc(O)cc4)C(=O)O)nc(N[C@@H](Cc4ccc(O)cc4)C(=O)O)n3)c2)nc(N[C@@H](Cc2ccc(O)cc2)C(=O)O)n1. The summed E-state index contributed by atoms with van der Waals surface area (Å²) in [6.07, 6.45) is -0.166. The normalized spacial score (nSPS) is 12.5. The fourth-order valence-corrected chi connectivity index (χ4v) is 7.27. The lowest BCUT2D eigenvalue weighted by Crippen LogP contribution is -2.34. The first-order valence-electron chi connectivity index (χ1n) is 22.7. The van der Waals surface area contributed by atoms with Crippen LogP contribution in [0.15, 0.2) is 121 Å². The van der Waals surface area contributed by atoms with E-state index in [-0.39, 0.29) is 97.5 Å². The van der Waals surface area contributed by atoms with Gasteiger partial charge in [-0.1, -0.05) is 72.8 Å². The molecular weight excluding hydrogens is 961 g/mol. The first-order valence-corrected chi connectivity index (χ1v) is 22.7. The molecule has 14 N–H and O–H groups in total. The number of aliphatic carboxylic acids is 4. The van der Waals surface area contributed by atoms with E-state index < -0.39 is 48.0 Å². The van der Waals surface area contributed by atoms with Crippen LogP contribution in [0.2, 0.25) is 0 Å². The average molecular weight is 1010 g/mol. The minimum absolute atomic E-state index is 0.000373. The van der Waals surface area contributed by atoms with E-state index in [4.69, 9.17) is 0 Å². The van der Waals surface area contributed by atoms with Crippen molar-refractivity contribution in [3.8, 4) is 23.0 Å². The first kappa shape index (κ1) is 51.8. The lowest BCUT2D eigenvalue weighted by atomic mass is 10.1. The molecule has 0 aliphatic carbocycles. The van der Waals surface area contributed by atoms with Crippen LogP contribution >= 0.6 is 0 Å². The number of nitrogens with zero attached hydrogens (tertiary/aromatic N) is 6. The van der Waals surface area contributed by atoms with E-state index >= 15 is 0 Å². The Kier molecular flexibility index (Phi) is 17.0. The number of carboxylic acids is 4. The van der Waals surface area contributed by atoms with Gasteiger partial charge >= 0.3 is 23.9 Å². The molecule has 0 saturated heterocycles. The molecule has 0 radical (unpaired) electrons. The maximum Gasteiger partial charge on any atom is 0.326 e. The number of rotatable bonds is 26. The van der Waals surface area contributed by atoms with Gasteiger partial charge in [0.05, 0.1) is 0 Å². The molecule has 24 heteroatoms. The Morgan fingerprint density at radius 2 is 0.568 bits per heavy atom. The Labute approximate surface area is 421 Å². The molecule has 0 spiro atoms. The highest BCUT2D eigenvalue weighted by Gasteiger charge is 2.25. The Bertz CT molecular complexity index is 2690. The van der Waals surface area contributed by atoms with E-state index in [1.807, 2.05) is 6.07 Å². The highest BCUT2D eigenvalue weighted by molar-refractivity contribution is 5.79. The van der Waals surface area contributed by atoms with Crippen LogP contribution in [0.5, 0.6) is 23.0 Å². The summed E-state index contributed by atoms with van der Waals surface area (Å²) in [5, 5.41) is 96.9. The van der Waals surface area contributed by atoms with Gasteiger partial charge in [-0.25, -0.2) is 19.2 Å². The van der Waals surface area contributed by atoms with E-state index in [0.29, 0.717) is 33.4 Å². The molecule has 382 valence electrons. The second kappa shape index (κ2) is 24.2. The van der Waals surface area contributed by atoms with Crippen LogP contribution in [0.4, 0.5) is 35.7 Å². The lowest BCUT2D eigenvalue weighted by Gasteiger charge is -2.18. The van der Waals surface area contributed by atoms with Gasteiger partial charge in [0.1, 0.15) is 47.2 Å². The second-order valence-electron chi connectivity index (χ2n) is 16.8. The molecule has 7 aromatic rings. The van der Waals surface area contributed by atoms with Gasteiger partial charge < -0.3 is 72.8 Å². The maximum atomic E-state index is 12.4. The van der Waals surface area contributed by atoms with Crippen molar-refractivity contribution in [2.75, 3.05) is 31.9 Å². The minimum atomic E-state index is -1.27. The topological polar surface area (TPSA) is 380 Å². The Hall–Kier alpha value is -10.0. The van der Waals surface area contributed by atoms with Gasteiger partial charge in [-0.3, -0.25) is 0 Å². The number of hydrogen-bond acceptors (Lipinski definition) is 20. The van der Waals surface area contributed by atoms with Gasteiger partial charge in [-0.2, -0.15) is 29.9 Å². The van der Waals surface area contributed by atoms with Gasteiger partial charge in [-0.15, -0.1) is 0 Å². The number of anilines is 6. The molecule has 0 bridgehead atoms. The number of carbonyl (C=O) groups is 4. The monoisotopic (exact) mass is 1010 g/mol. The molecule has 0 aliphatic rings. The Morgan fingerprint density at radius 1 is 0.338 bits per heavy atom. The fourth-order valence-electron chi connectivity index (χ4n) is 7.27. The molecule has 0 aliphatic heterocycles. The zero-order valence-corrected chi connectivity index (χ0v) is 39.0. The van der Waals surface area contributed by atoms with Crippen LogP contribution < -0.4 is 31.9 Å². The van der Waals surface area contributed by atoms with Crippen LogP contribution in [0, 0.1) is 0 Å². The third-order valence-corrected chi connectivity index (χ3v) is 11.1. The number of aromatic hydroxyl groups is 4. The quantitative estimate of drug-likeness (QED) is 0.0354. The highest BCUT2D eigenvalue weighted by Crippen LogP contribution is 2.21. The van der Waals surface area contributed by atoms with Crippen LogP contribution in [0.25, 0.3) is 0 Å². The molecule has 5 aromatic carbocycles. The number of phenols is 4. The largest absolute Gasteiger partial charge is 0.508 e. The van der Waals surface area contributed by atoms with Gasteiger partial charge in [0.2, 0.25) is 35.7 Å². The van der Waals surface area contributed by atoms with E-state index in [1.54, 1.807) is 66.7 Å². The molecule has 0 saturated carbocycles. The molecular formula is C50H50N12O12. The van der Waals surface area contributed by atoms with Gasteiger partial charge in [0, 0.05) is 38.8 Å². The predicted molar refractivity (Wildman–Crippen MR) is 268 cm³/mol. The van der Waals surface area contributed by atoms with Crippen molar-refractivity contribution < 1.29 is 60.0 Å². The standard InChI is InChI=1S/C50H50N12O12/c63-33-12-4-27(5-13-33)21-37(41(67)68)53-47-57-45(58-48(61-47)54-38(42(69)70)22-28-6-14-34(64)15-7-28)51-25-31-2-1-3-32(20-31)26-52-46-59-49(55-39(43(71)72)23-29-8-16-35(65)17-9-29)62-50(60-46)56-40(44(73)74)24-30-10-18-36(66)19-11-30/h1-20,37-40,63-66H,21-26H2,(H,67,68)(H,69,70)(H,71,72)(H,73,74)(H3,51,53,54,57,58,61)(H3,52,55,56,59,60,62)/t37-,38-,39-,40-/m0/s1. The molecule has 4 atom stereocenters. The smallest absolute Gasteiger partial charge is 0.326 e. The summed E-state index contributed by atoms with van der Waals surface area (Å²) in [4.78, 5) is 76.0. The van der Waals surface area contributed by atoms with Crippen molar-refractivity contribution in [1.82, 2.24) is 29.9 Å². The summed E-state index contributed by atoms with van der Waals surface area (Å²) in [6.45, 7) is 0.178. The van der Waals surface area contributed by atoms with Crippen molar-refractivity contribution in [2.24, 2.45) is 0 Å². The van der Waals surface area contributed by atoms with Gasteiger partial charge in [0.25, 0.3) is 0 Å². The lowest BCUT2D eigenvalue weighted by molar-refractivity contribution is -0.138. The summed E-state index contributed by atoms with van der Waals surface area (Å²) in [7, 11) is 0. The number of aromatic nitrogens is 6. The van der Waals surface area contributed by atoms with Crippen LogP contribution in [-0.4, -0.2) is 119 Å².